The Morgan fingerprint density at radius 3 is 2.35 bits per heavy atom. The molecular formula is C16H21IO3. The lowest BCUT2D eigenvalue weighted by molar-refractivity contribution is -0.171. The van der Waals surface area contributed by atoms with Crippen LogP contribution in [0.1, 0.15) is 46.1 Å². The van der Waals surface area contributed by atoms with Gasteiger partial charge in [0.15, 0.2) is 0 Å². The van der Waals surface area contributed by atoms with E-state index in [1.165, 1.54) is 0 Å². The lowest BCUT2D eigenvalue weighted by Crippen LogP contribution is -2.38. The van der Waals surface area contributed by atoms with Crippen molar-refractivity contribution in [3.05, 3.63) is 23.8 Å². The van der Waals surface area contributed by atoms with E-state index in [0.29, 0.717) is 0 Å². The minimum absolute atomic E-state index is 0.145. The molecule has 2 aromatic rings. The van der Waals surface area contributed by atoms with Crippen molar-refractivity contribution in [3.63, 3.8) is 0 Å². The molecule has 110 valence electrons. The van der Waals surface area contributed by atoms with Gasteiger partial charge in [-0.15, -0.1) is 0 Å². The maximum Gasteiger partial charge on any atom is 0.313 e. The van der Waals surface area contributed by atoms with Crippen LogP contribution in [0.4, 0.5) is 0 Å². The van der Waals surface area contributed by atoms with E-state index < -0.39 is 11.0 Å². The van der Waals surface area contributed by atoms with Gasteiger partial charge in [0, 0.05) is 9.99 Å². The molecule has 0 unspecified atom stereocenters. The summed E-state index contributed by atoms with van der Waals surface area (Å²) >= 11 is 2.23. The molecule has 0 amide bonds. The molecule has 0 spiro atoms. The first-order valence-corrected chi connectivity index (χ1v) is 8.53. The maximum atomic E-state index is 12.5. The number of carbonyl (C=O) groups excluding carboxylic acids is 1. The number of hydrogen-bond acceptors (Lipinski definition) is 3. The fourth-order valence-electron chi connectivity index (χ4n) is 2.34. The predicted molar refractivity (Wildman–Crippen MR) is 88.4 cm³/mol. The first-order chi connectivity index (χ1) is 9.38. The number of hydrogen-bond donors (Lipinski definition) is 0. The van der Waals surface area contributed by atoms with Gasteiger partial charge >= 0.3 is 5.97 Å². The summed E-state index contributed by atoms with van der Waals surface area (Å²) in [7, 11) is 0. The highest BCUT2D eigenvalue weighted by molar-refractivity contribution is 14.1. The van der Waals surface area contributed by atoms with E-state index in [1.54, 1.807) is 0 Å². The van der Waals surface area contributed by atoms with Gasteiger partial charge in [0.2, 0.25) is 0 Å². The van der Waals surface area contributed by atoms with Crippen molar-refractivity contribution in [2.75, 3.05) is 4.43 Å². The molecule has 0 aromatic carbocycles. The van der Waals surface area contributed by atoms with Crippen molar-refractivity contribution in [1.82, 2.24) is 0 Å². The van der Waals surface area contributed by atoms with Crippen LogP contribution in [0.25, 0.3) is 11.2 Å². The summed E-state index contributed by atoms with van der Waals surface area (Å²) in [6.45, 7) is 7.95. The second-order valence-corrected chi connectivity index (χ2v) is 6.63. The van der Waals surface area contributed by atoms with Gasteiger partial charge in [-0.3, -0.25) is 4.79 Å². The first kappa shape index (κ1) is 15.6. The van der Waals surface area contributed by atoms with Crippen LogP contribution >= 0.6 is 22.6 Å². The highest BCUT2D eigenvalue weighted by atomic mass is 127. The minimum atomic E-state index is -0.581. The van der Waals surface area contributed by atoms with E-state index in [1.807, 2.05) is 32.0 Å². The Bertz CT molecular complexity index is 581. The molecule has 0 aliphatic rings. The van der Waals surface area contributed by atoms with Gasteiger partial charge in [0.1, 0.15) is 16.8 Å². The number of halogens is 1. The van der Waals surface area contributed by atoms with Crippen molar-refractivity contribution in [3.8, 4) is 0 Å². The van der Waals surface area contributed by atoms with E-state index >= 15 is 0 Å². The van der Waals surface area contributed by atoms with Crippen molar-refractivity contribution in [2.24, 2.45) is 5.41 Å². The van der Waals surface area contributed by atoms with Crippen LogP contribution in [0.5, 0.6) is 0 Å². The lowest BCUT2D eigenvalue weighted by Gasteiger charge is -2.34. The van der Waals surface area contributed by atoms with Gasteiger partial charge in [-0.05, 0) is 44.9 Å². The number of esters is 1. The molecule has 4 heteroatoms. The number of fused-ring (bicyclic) bond motifs is 2. The van der Waals surface area contributed by atoms with E-state index in [-0.39, 0.29) is 5.97 Å². The molecule has 2 aromatic heterocycles. The average molecular weight is 388 g/mol. The van der Waals surface area contributed by atoms with Gasteiger partial charge in [-0.1, -0.05) is 36.4 Å². The Balaban J connectivity index is 2.35. The molecule has 0 atom stereocenters. The molecule has 0 fully saturated rings. The van der Waals surface area contributed by atoms with Gasteiger partial charge in [-0.25, -0.2) is 0 Å². The number of ether oxygens (including phenoxy) is 1. The van der Waals surface area contributed by atoms with E-state index in [9.17, 15) is 4.79 Å². The van der Waals surface area contributed by atoms with Gasteiger partial charge < -0.3 is 9.15 Å². The molecule has 0 N–H and O–H groups in total. The molecule has 0 aliphatic heterocycles. The average Bonchev–Trinajstić information content (AvgIpc) is 3.07. The first-order valence-electron chi connectivity index (χ1n) is 7.00. The van der Waals surface area contributed by atoms with Crippen molar-refractivity contribution < 1.29 is 13.9 Å². The van der Waals surface area contributed by atoms with Crippen LogP contribution in [0, 0.1) is 5.41 Å². The number of carbonyl (C=O) groups is 1. The van der Waals surface area contributed by atoms with Crippen molar-refractivity contribution in [1.29, 1.82) is 0 Å². The molecule has 3 nitrogen and oxygen atoms in total. The number of benzene rings is 1. The molecule has 0 saturated carbocycles. The Morgan fingerprint density at radius 1 is 1.30 bits per heavy atom. The number of furan rings is 2. The van der Waals surface area contributed by atoms with Crippen LogP contribution in [-0.4, -0.2) is 10.4 Å². The van der Waals surface area contributed by atoms with Crippen LogP contribution in [0.2, 0.25) is 0 Å². The Labute approximate surface area is 133 Å². The van der Waals surface area contributed by atoms with E-state index in [2.05, 4.69) is 36.4 Å². The normalized spacial score (nSPS) is 13.1. The summed E-state index contributed by atoms with van der Waals surface area (Å²) in [4.78, 5) is 12.5. The SMILES string of the molecule is CCC(CC)(OC(=O)C(C)(C)CI)c1cc2ccc1o2. The third-order valence-electron chi connectivity index (χ3n) is 3.99. The topological polar surface area (TPSA) is 39.4 Å². The quantitative estimate of drug-likeness (QED) is 0.402. The summed E-state index contributed by atoms with van der Waals surface area (Å²) in [5.41, 5.74) is 1.61. The summed E-state index contributed by atoms with van der Waals surface area (Å²) in [5, 5.41) is 0. The Morgan fingerprint density at radius 2 is 1.95 bits per heavy atom. The molecule has 0 radical (unpaired) electrons. The molecule has 0 aliphatic carbocycles. The maximum absolute atomic E-state index is 12.5. The zero-order valence-electron chi connectivity index (χ0n) is 12.5. The molecule has 2 heterocycles. The summed E-state index contributed by atoms with van der Waals surface area (Å²) < 4.78 is 12.3. The van der Waals surface area contributed by atoms with Crippen LogP contribution in [0.15, 0.2) is 22.6 Å². The summed E-state index contributed by atoms with van der Waals surface area (Å²) in [6, 6.07) is 5.88. The predicted octanol–water partition coefficient (Wildman–Crippen LogP) is 4.89. The summed E-state index contributed by atoms with van der Waals surface area (Å²) in [6.07, 6.45) is 1.48. The Kier molecular flexibility index (Phi) is 4.33. The minimum Gasteiger partial charge on any atom is -0.457 e. The monoisotopic (exact) mass is 388 g/mol. The van der Waals surface area contributed by atoms with Gasteiger partial charge in [-0.2, -0.15) is 0 Å². The standard InChI is InChI=1S/C16H21IO3/c1-5-16(6-2,20-14(18)15(3,4)10-17)12-9-11-7-8-13(12)19-11/h7-9H,5-6,10H2,1-4H3. The smallest absolute Gasteiger partial charge is 0.313 e. The fourth-order valence-corrected chi connectivity index (χ4v) is 2.66. The lowest BCUT2D eigenvalue weighted by atomic mass is 9.87. The molecule has 0 saturated heterocycles. The number of rotatable bonds is 6. The molecule has 2 rings (SSSR count). The second-order valence-electron chi connectivity index (χ2n) is 5.87. The molecule has 2 bridgehead atoms. The van der Waals surface area contributed by atoms with E-state index in [0.717, 1.165) is 34.0 Å². The third-order valence-corrected chi connectivity index (χ3v) is 5.89. The zero-order chi connectivity index (χ0) is 15.0. The second kappa shape index (κ2) is 5.54. The largest absolute Gasteiger partial charge is 0.457 e. The third kappa shape index (κ3) is 2.54. The van der Waals surface area contributed by atoms with Crippen molar-refractivity contribution in [2.45, 2.75) is 46.1 Å². The van der Waals surface area contributed by atoms with Gasteiger partial charge in [0.25, 0.3) is 0 Å². The van der Waals surface area contributed by atoms with Crippen LogP contribution < -0.4 is 0 Å². The van der Waals surface area contributed by atoms with Crippen LogP contribution in [-0.2, 0) is 15.1 Å². The fraction of sp³-hybridized carbons (Fsp3) is 0.562. The van der Waals surface area contributed by atoms with Crippen LogP contribution in [0.3, 0.4) is 0 Å². The van der Waals surface area contributed by atoms with E-state index in [4.69, 9.17) is 9.15 Å². The van der Waals surface area contributed by atoms with Gasteiger partial charge in [0.05, 0.1) is 5.41 Å². The van der Waals surface area contributed by atoms with Crippen molar-refractivity contribution >= 4 is 39.7 Å². The zero-order valence-corrected chi connectivity index (χ0v) is 14.6. The Hall–Kier alpha value is -0.780. The molecule has 20 heavy (non-hydrogen) atoms. The number of alkyl halides is 1. The highest BCUT2D eigenvalue weighted by Crippen LogP contribution is 2.40. The molecular weight excluding hydrogens is 367 g/mol. The highest BCUT2D eigenvalue weighted by Gasteiger charge is 2.40. The summed E-state index contributed by atoms with van der Waals surface area (Å²) in [5.74, 6) is -0.145.